The zero-order chi connectivity index (χ0) is 18.0. The van der Waals surface area contributed by atoms with E-state index in [1.807, 2.05) is 6.07 Å². The molecule has 1 aromatic heterocycles. The van der Waals surface area contributed by atoms with Crippen LogP contribution in [0.3, 0.4) is 0 Å². The number of alkyl halides is 6. The predicted octanol–water partition coefficient (Wildman–Crippen LogP) is 5.28. The second-order valence-electron chi connectivity index (χ2n) is 4.68. The molecule has 0 amide bonds. The van der Waals surface area contributed by atoms with Gasteiger partial charge in [0.15, 0.2) is 0 Å². The maximum absolute atomic E-state index is 12.8. The van der Waals surface area contributed by atoms with Crippen molar-refractivity contribution in [2.24, 2.45) is 0 Å². The van der Waals surface area contributed by atoms with Crippen molar-refractivity contribution in [3.05, 3.63) is 58.9 Å². The molecule has 2 nitrogen and oxygen atoms in total. The van der Waals surface area contributed by atoms with Crippen LogP contribution in [0, 0.1) is 11.3 Å². The second kappa shape index (κ2) is 6.73. The van der Waals surface area contributed by atoms with Gasteiger partial charge in [-0.25, -0.2) is 0 Å². The molecule has 0 aliphatic heterocycles. The monoisotopic (exact) mass is 362 g/mol. The van der Waals surface area contributed by atoms with Gasteiger partial charge in [0.2, 0.25) is 0 Å². The van der Waals surface area contributed by atoms with E-state index in [-0.39, 0.29) is 16.7 Å². The van der Waals surface area contributed by atoms with Crippen molar-refractivity contribution in [1.29, 1.82) is 5.26 Å². The van der Waals surface area contributed by atoms with Crippen LogP contribution < -0.4 is 0 Å². The lowest BCUT2D eigenvalue weighted by Gasteiger charge is -2.14. The highest BCUT2D eigenvalue weighted by Gasteiger charge is 2.36. The molecular weight excluding hydrogens is 354 g/mol. The van der Waals surface area contributed by atoms with Crippen LogP contribution in [-0.4, -0.2) is 4.98 Å². The molecule has 0 atom stereocenters. The third-order valence-electron chi connectivity index (χ3n) is 2.90. The Morgan fingerprint density at radius 2 is 1.54 bits per heavy atom. The number of nitriles is 1. The number of thioether (sulfide) groups is 1. The highest BCUT2D eigenvalue weighted by Crippen LogP contribution is 2.38. The van der Waals surface area contributed by atoms with Crippen LogP contribution >= 0.6 is 11.8 Å². The van der Waals surface area contributed by atoms with Crippen molar-refractivity contribution in [2.45, 2.75) is 23.0 Å². The van der Waals surface area contributed by atoms with Gasteiger partial charge in [-0.2, -0.15) is 31.6 Å². The molecule has 2 rings (SSSR count). The van der Waals surface area contributed by atoms with Gasteiger partial charge in [0, 0.05) is 16.8 Å². The van der Waals surface area contributed by atoms with Gasteiger partial charge in [-0.3, -0.25) is 4.98 Å². The van der Waals surface area contributed by atoms with Crippen LogP contribution in [0.1, 0.15) is 22.4 Å². The minimum absolute atomic E-state index is 0.0737. The van der Waals surface area contributed by atoms with E-state index in [0.717, 1.165) is 11.8 Å². The standard InChI is InChI=1S/C15H8F6N2S/c16-14(17,18)10-3-11(15(19,20)21)5-13(4-10)24-8-12-2-1-9(6-22)7-23-12/h1-5,7H,8H2. The molecule has 0 saturated heterocycles. The molecule has 24 heavy (non-hydrogen) atoms. The zero-order valence-electron chi connectivity index (χ0n) is 11.7. The summed E-state index contributed by atoms with van der Waals surface area (Å²) in [5.74, 6) is 0.0737. The Hall–Kier alpha value is -2.21. The summed E-state index contributed by atoms with van der Waals surface area (Å²) in [6, 6.07) is 6.24. The Labute approximate surface area is 137 Å². The van der Waals surface area contributed by atoms with Gasteiger partial charge < -0.3 is 0 Å². The first kappa shape index (κ1) is 18.1. The first-order chi connectivity index (χ1) is 11.1. The van der Waals surface area contributed by atoms with E-state index in [2.05, 4.69) is 4.98 Å². The molecule has 0 bridgehead atoms. The number of aromatic nitrogens is 1. The third-order valence-corrected chi connectivity index (χ3v) is 3.91. The fourth-order valence-corrected chi connectivity index (χ4v) is 2.65. The van der Waals surface area contributed by atoms with E-state index in [0.29, 0.717) is 23.4 Å². The molecular formula is C15H8F6N2S. The summed E-state index contributed by atoms with van der Waals surface area (Å²) >= 11 is 0.802. The van der Waals surface area contributed by atoms with Crippen LogP contribution in [0.5, 0.6) is 0 Å². The molecule has 0 radical (unpaired) electrons. The Balaban J connectivity index is 2.26. The molecule has 0 unspecified atom stereocenters. The topological polar surface area (TPSA) is 36.7 Å². The number of hydrogen-bond acceptors (Lipinski definition) is 3. The van der Waals surface area contributed by atoms with Gasteiger partial charge in [-0.1, -0.05) is 0 Å². The summed E-state index contributed by atoms with van der Waals surface area (Å²) in [5.41, 5.74) is -1.97. The zero-order valence-corrected chi connectivity index (χ0v) is 12.6. The number of rotatable bonds is 3. The fraction of sp³-hybridized carbons (Fsp3) is 0.200. The van der Waals surface area contributed by atoms with Crippen molar-refractivity contribution in [1.82, 2.24) is 4.98 Å². The summed E-state index contributed by atoms with van der Waals surface area (Å²) in [4.78, 5) is 3.76. The summed E-state index contributed by atoms with van der Waals surface area (Å²) in [6.45, 7) is 0. The largest absolute Gasteiger partial charge is 0.416 e. The van der Waals surface area contributed by atoms with Gasteiger partial charge in [-0.15, -0.1) is 11.8 Å². The maximum atomic E-state index is 12.8. The van der Waals surface area contributed by atoms with E-state index in [4.69, 9.17) is 5.26 Å². The minimum atomic E-state index is -4.87. The van der Waals surface area contributed by atoms with Crippen LogP contribution in [0.15, 0.2) is 41.4 Å². The van der Waals surface area contributed by atoms with Gasteiger partial charge in [0.1, 0.15) is 6.07 Å². The Morgan fingerprint density at radius 3 is 1.96 bits per heavy atom. The molecule has 126 valence electrons. The average molecular weight is 362 g/mol. The van der Waals surface area contributed by atoms with Crippen molar-refractivity contribution in [3.8, 4) is 6.07 Å². The molecule has 0 N–H and O–H groups in total. The van der Waals surface area contributed by atoms with Gasteiger partial charge >= 0.3 is 12.4 Å². The van der Waals surface area contributed by atoms with Gasteiger partial charge in [0.25, 0.3) is 0 Å². The Morgan fingerprint density at radius 1 is 0.958 bits per heavy atom. The first-order valence-corrected chi connectivity index (χ1v) is 7.35. The van der Waals surface area contributed by atoms with Gasteiger partial charge in [0.05, 0.1) is 22.4 Å². The normalized spacial score (nSPS) is 12.0. The molecule has 0 saturated carbocycles. The van der Waals surface area contributed by atoms with Crippen molar-refractivity contribution in [3.63, 3.8) is 0 Å². The Kier molecular flexibility index (Phi) is 5.08. The summed E-state index contributed by atoms with van der Waals surface area (Å²) in [7, 11) is 0. The van der Waals surface area contributed by atoms with E-state index in [1.54, 1.807) is 0 Å². The van der Waals surface area contributed by atoms with Crippen molar-refractivity contribution in [2.75, 3.05) is 0 Å². The molecule has 0 fully saturated rings. The number of hydrogen-bond donors (Lipinski definition) is 0. The summed E-state index contributed by atoms with van der Waals surface area (Å²) in [6.07, 6.45) is -8.46. The van der Waals surface area contributed by atoms with Crippen molar-refractivity contribution < 1.29 is 26.3 Å². The molecule has 9 heteroatoms. The first-order valence-electron chi connectivity index (χ1n) is 6.37. The third kappa shape index (κ3) is 4.64. The molecule has 1 heterocycles. The SMILES string of the molecule is N#Cc1ccc(CSc2cc(C(F)(F)F)cc(C(F)(F)F)c2)nc1. The lowest BCUT2D eigenvalue weighted by molar-refractivity contribution is -0.143. The summed E-state index contributed by atoms with van der Waals surface area (Å²) in [5, 5.41) is 8.64. The molecule has 0 spiro atoms. The number of pyridine rings is 1. The molecule has 0 aliphatic rings. The number of halogens is 6. The fourth-order valence-electron chi connectivity index (χ4n) is 1.74. The highest BCUT2D eigenvalue weighted by atomic mass is 32.2. The van der Waals surface area contributed by atoms with Crippen LogP contribution in [0.2, 0.25) is 0 Å². The average Bonchev–Trinajstić information content (AvgIpc) is 2.51. The van der Waals surface area contributed by atoms with Crippen LogP contribution in [0.25, 0.3) is 0 Å². The maximum Gasteiger partial charge on any atom is 0.416 e. The van der Waals surface area contributed by atoms with Crippen molar-refractivity contribution >= 4 is 11.8 Å². The van der Waals surface area contributed by atoms with E-state index < -0.39 is 23.5 Å². The molecule has 0 aliphatic carbocycles. The smallest absolute Gasteiger partial charge is 0.259 e. The number of benzene rings is 1. The van der Waals surface area contributed by atoms with E-state index in [9.17, 15) is 26.3 Å². The molecule has 1 aromatic carbocycles. The lowest BCUT2D eigenvalue weighted by Crippen LogP contribution is -2.11. The Bertz CT molecular complexity index is 727. The summed E-state index contributed by atoms with van der Waals surface area (Å²) < 4.78 is 76.6. The predicted molar refractivity (Wildman–Crippen MR) is 75.0 cm³/mol. The highest BCUT2D eigenvalue weighted by molar-refractivity contribution is 7.98. The quantitative estimate of drug-likeness (QED) is 0.550. The number of nitrogens with zero attached hydrogens (tertiary/aromatic N) is 2. The van der Waals surface area contributed by atoms with Gasteiger partial charge in [-0.05, 0) is 30.3 Å². The van der Waals surface area contributed by atoms with Crippen LogP contribution in [0.4, 0.5) is 26.3 Å². The van der Waals surface area contributed by atoms with E-state index in [1.165, 1.54) is 18.3 Å². The minimum Gasteiger partial charge on any atom is -0.259 e. The van der Waals surface area contributed by atoms with E-state index >= 15 is 0 Å². The van der Waals surface area contributed by atoms with Crippen LogP contribution in [-0.2, 0) is 18.1 Å². The molecule has 2 aromatic rings. The second-order valence-corrected chi connectivity index (χ2v) is 5.73. The lowest BCUT2D eigenvalue weighted by atomic mass is 10.1.